The highest BCUT2D eigenvalue weighted by atomic mass is 16.5. The van der Waals surface area contributed by atoms with E-state index in [4.69, 9.17) is 24.7 Å². The van der Waals surface area contributed by atoms with E-state index >= 15 is 0 Å². The summed E-state index contributed by atoms with van der Waals surface area (Å²) in [5, 5.41) is 0. The van der Waals surface area contributed by atoms with Gasteiger partial charge in [-0.3, -0.25) is 0 Å². The van der Waals surface area contributed by atoms with Gasteiger partial charge in [0, 0.05) is 0 Å². The maximum atomic E-state index is 5.98. The van der Waals surface area contributed by atoms with Crippen LogP contribution in [0.3, 0.4) is 0 Å². The van der Waals surface area contributed by atoms with E-state index in [-0.39, 0.29) is 0 Å². The van der Waals surface area contributed by atoms with Gasteiger partial charge in [-0.15, -0.1) is 0 Å². The fourth-order valence-electron chi connectivity index (χ4n) is 2.74. The molecule has 2 rings (SSSR count). The Bertz CT molecular complexity index is 743. The lowest BCUT2D eigenvalue weighted by Gasteiger charge is -2.13. The van der Waals surface area contributed by atoms with Gasteiger partial charge >= 0.3 is 0 Å². The minimum absolute atomic E-state index is 0.586. The van der Waals surface area contributed by atoms with Crippen LogP contribution in [0.5, 0.6) is 23.0 Å². The van der Waals surface area contributed by atoms with Gasteiger partial charge in [0.25, 0.3) is 0 Å². The third-order valence-corrected chi connectivity index (χ3v) is 3.88. The molecule has 0 saturated carbocycles. The molecule has 0 aliphatic carbocycles. The molecule has 25 heavy (non-hydrogen) atoms. The summed E-state index contributed by atoms with van der Waals surface area (Å²) in [6, 6.07) is 9.69. The minimum Gasteiger partial charge on any atom is -0.495 e. The second-order valence-electron chi connectivity index (χ2n) is 5.70. The summed E-state index contributed by atoms with van der Waals surface area (Å²) < 4.78 is 21.3. The smallest absolute Gasteiger partial charge is 0.203 e. The van der Waals surface area contributed by atoms with Crippen molar-refractivity contribution in [2.75, 3.05) is 34.2 Å². The second-order valence-corrected chi connectivity index (χ2v) is 5.70. The van der Waals surface area contributed by atoms with Gasteiger partial charge in [0.1, 0.15) is 5.75 Å². The van der Waals surface area contributed by atoms with Gasteiger partial charge in [-0.2, -0.15) is 0 Å². The van der Waals surface area contributed by atoms with E-state index in [1.807, 2.05) is 30.3 Å². The lowest BCUT2D eigenvalue weighted by molar-refractivity contribution is 0.324. The van der Waals surface area contributed by atoms with Crippen molar-refractivity contribution in [3.8, 4) is 23.0 Å². The van der Waals surface area contributed by atoms with E-state index in [0.29, 0.717) is 28.7 Å². The van der Waals surface area contributed by atoms with Crippen LogP contribution in [0.4, 0.5) is 5.69 Å². The number of ether oxygens (including phenoxy) is 4. The van der Waals surface area contributed by atoms with Crippen LogP contribution in [-0.4, -0.2) is 28.4 Å². The summed E-state index contributed by atoms with van der Waals surface area (Å²) in [5.74, 6) is 2.54. The molecule has 0 spiro atoms. The van der Waals surface area contributed by atoms with Crippen molar-refractivity contribution in [1.29, 1.82) is 0 Å². The summed E-state index contributed by atoms with van der Waals surface area (Å²) in [6.45, 7) is 2.07. The topological polar surface area (TPSA) is 62.9 Å². The van der Waals surface area contributed by atoms with E-state index in [2.05, 4.69) is 13.0 Å². The predicted octanol–water partition coefficient (Wildman–Crippen LogP) is 3.95. The molecule has 0 saturated heterocycles. The molecule has 0 aliphatic rings. The third kappa shape index (κ3) is 4.38. The minimum atomic E-state index is 0.586. The fraction of sp³-hybridized carbons (Fsp3) is 0.300. The van der Waals surface area contributed by atoms with E-state index in [9.17, 15) is 0 Å². The number of benzene rings is 2. The molecule has 0 unspecified atom stereocenters. The maximum absolute atomic E-state index is 5.98. The van der Waals surface area contributed by atoms with Gasteiger partial charge in [0.05, 0.1) is 34.1 Å². The third-order valence-electron chi connectivity index (χ3n) is 3.88. The summed E-state index contributed by atoms with van der Waals surface area (Å²) in [4.78, 5) is 0. The first-order valence-corrected chi connectivity index (χ1v) is 7.92. The van der Waals surface area contributed by atoms with E-state index in [1.165, 1.54) is 5.57 Å². The lowest BCUT2D eigenvalue weighted by atomic mass is 10.0. The van der Waals surface area contributed by atoms with Gasteiger partial charge in [-0.25, -0.2) is 0 Å². The number of rotatable bonds is 7. The van der Waals surface area contributed by atoms with Crippen LogP contribution in [-0.2, 0) is 6.42 Å². The van der Waals surface area contributed by atoms with Crippen molar-refractivity contribution in [1.82, 2.24) is 0 Å². The highest BCUT2D eigenvalue weighted by molar-refractivity contribution is 5.64. The fourth-order valence-corrected chi connectivity index (χ4v) is 2.74. The summed E-state index contributed by atoms with van der Waals surface area (Å²) in [5.41, 5.74) is 9.90. The molecular formula is C20H25NO4. The Labute approximate surface area is 149 Å². The average molecular weight is 343 g/mol. The van der Waals surface area contributed by atoms with Gasteiger partial charge in [0.15, 0.2) is 11.5 Å². The molecule has 2 aromatic rings. The molecule has 2 N–H and O–H groups in total. The number of allylic oxidation sites excluding steroid dienone is 1. The Hall–Kier alpha value is -2.82. The quantitative estimate of drug-likeness (QED) is 0.771. The van der Waals surface area contributed by atoms with E-state index < -0.39 is 0 Å². The highest BCUT2D eigenvalue weighted by Gasteiger charge is 2.12. The average Bonchev–Trinajstić information content (AvgIpc) is 2.60. The van der Waals surface area contributed by atoms with Crippen LogP contribution < -0.4 is 24.7 Å². The molecule has 5 heteroatoms. The van der Waals surface area contributed by atoms with Crippen LogP contribution >= 0.6 is 0 Å². The zero-order chi connectivity index (χ0) is 18.4. The zero-order valence-corrected chi connectivity index (χ0v) is 15.4. The molecule has 0 atom stereocenters. The Morgan fingerprint density at radius 1 is 0.880 bits per heavy atom. The molecule has 2 aromatic carbocycles. The Kier molecular flexibility index (Phi) is 6.17. The first-order chi connectivity index (χ1) is 12.0. The molecule has 0 radical (unpaired) electrons. The number of methoxy groups -OCH3 is 4. The first kappa shape index (κ1) is 18.5. The molecule has 0 aliphatic heterocycles. The predicted molar refractivity (Wildman–Crippen MR) is 101 cm³/mol. The van der Waals surface area contributed by atoms with Gasteiger partial charge in [-0.05, 0) is 48.7 Å². The lowest BCUT2D eigenvalue weighted by Crippen LogP contribution is -1.96. The van der Waals surface area contributed by atoms with Crippen molar-refractivity contribution in [3.05, 3.63) is 47.0 Å². The molecule has 0 aromatic heterocycles. The number of anilines is 1. The first-order valence-electron chi connectivity index (χ1n) is 7.92. The SMILES string of the molecule is COc1ccc(C/C(C)=C/c2cc(OC)c(OC)c(OC)c2)cc1N. The second kappa shape index (κ2) is 8.33. The largest absolute Gasteiger partial charge is 0.495 e. The molecule has 0 heterocycles. The standard InChI is InChI=1S/C20H25NO4/c1-13(8-14-6-7-17(22-2)16(21)10-14)9-15-11-18(23-3)20(25-5)19(12-15)24-4/h6-7,9-12H,8,21H2,1-5H3/b13-9+. The Balaban J connectivity index is 2.28. The zero-order valence-electron chi connectivity index (χ0n) is 15.4. The normalized spacial score (nSPS) is 11.2. The molecule has 0 bridgehead atoms. The molecule has 5 nitrogen and oxygen atoms in total. The molecular weight excluding hydrogens is 318 g/mol. The molecule has 0 fully saturated rings. The Morgan fingerprint density at radius 2 is 1.48 bits per heavy atom. The summed E-state index contributed by atoms with van der Waals surface area (Å²) in [7, 11) is 6.42. The van der Waals surface area contributed by atoms with Crippen LogP contribution in [0.2, 0.25) is 0 Å². The summed E-state index contributed by atoms with van der Waals surface area (Å²) in [6.07, 6.45) is 2.87. The van der Waals surface area contributed by atoms with Crippen molar-refractivity contribution in [3.63, 3.8) is 0 Å². The van der Waals surface area contributed by atoms with Crippen molar-refractivity contribution in [2.24, 2.45) is 0 Å². The van der Waals surface area contributed by atoms with Crippen LogP contribution in [0.15, 0.2) is 35.9 Å². The van der Waals surface area contributed by atoms with E-state index in [0.717, 1.165) is 17.5 Å². The highest BCUT2D eigenvalue weighted by Crippen LogP contribution is 2.38. The van der Waals surface area contributed by atoms with Crippen LogP contribution in [0.1, 0.15) is 18.1 Å². The number of hydrogen-bond acceptors (Lipinski definition) is 5. The van der Waals surface area contributed by atoms with Crippen molar-refractivity contribution < 1.29 is 18.9 Å². The van der Waals surface area contributed by atoms with Crippen molar-refractivity contribution >= 4 is 11.8 Å². The van der Waals surface area contributed by atoms with Crippen molar-refractivity contribution in [2.45, 2.75) is 13.3 Å². The number of hydrogen-bond donors (Lipinski definition) is 1. The number of nitrogens with two attached hydrogens (primary N) is 1. The monoisotopic (exact) mass is 343 g/mol. The number of nitrogen functional groups attached to an aromatic ring is 1. The van der Waals surface area contributed by atoms with Crippen LogP contribution in [0, 0.1) is 0 Å². The molecule has 134 valence electrons. The maximum Gasteiger partial charge on any atom is 0.203 e. The Morgan fingerprint density at radius 3 is 1.96 bits per heavy atom. The van der Waals surface area contributed by atoms with Gasteiger partial charge in [0.2, 0.25) is 5.75 Å². The van der Waals surface area contributed by atoms with E-state index in [1.54, 1.807) is 28.4 Å². The van der Waals surface area contributed by atoms with Gasteiger partial charge < -0.3 is 24.7 Å². The molecule has 0 amide bonds. The van der Waals surface area contributed by atoms with Gasteiger partial charge in [-0.1, -0.05) is 17.7 Å². The van der Waals surface area contributed by atoms with Crippen LogP contribution in [0.25, 0.3) is 6.08 Å². The summed E-state index contributed by atoms with van der Waals surface area (Å²) >= 11 is 0.